The van der Waals surface area contributed by atoms with E-state index in [2.05, 4.69) is 9.97 Å². The SMILES string of the molecule is Cc1ncc(C(=O)N(Cc2ccccc2)Cc2ccccc2)c(C)n1. The Morgan fingerprint density at radius 2 is 1.40 bits per heavy atom. The molecule has 1 amide bonds. The minimum atomic E-state index is -0.0507. The molecule has 0 aliphatic rings. The van der Waals surface area contributed by atoms with Crippen LogP contribution in [0.2, 0.25) is 0 Å². The summed E-state index contributed by atoms with van der Waals surface area (Å²) in [7, 11) is 0. The molecule has 4 nitrogen and oxygen atoms in total. The zero-order chi connectivity index (χ0) is 17.6. The highest BCUT2D eigenvalue weighted by atomic mass is 16.2. The van der Waals surface area contributed by atoms with Gasteiger partial charge in [0.25, 0.3) is 5.91 Å². The highest BCUT2D eigenvalue weighted by Gasteiger charge is 2.19. The number of rotatable bonds is 5. The zero-order valence-corrected chi connectivity index (χ0v) is 14.5. The fourth-order valence-corrected chi connectivity index (χ4v) is 2.77. The van der Waals surface area contributed by atoms with Crippen LogP contribution in [0.3, 0.4) is 0 Å². The summed E-state index contributed by atoms with van der Waals surface area (Å²) in [5.41, 5.74) is 3.45. The van der Waals surface area contributed by atoms with Gasteiger partial charge >= 0.3 is 0 Å². The third-order valence-electron chi connectivity index (χ3n) is 4.05. The number of hydrogen-bond acceptors (Lipinski definition) is 3. The van der Waals surface area contributed by atoms with Crippen LogP contribution in [0.4, 0.5) is 0 Å². The lowest BCUT2D eigenvalue weighted by Crippen LogP contribution is -2.31. The molecule has 0 aliphatic heterocycles. The van der Waals surface area contributed by atoms with Crippen molar-refractivity contribution in [3.8, 4) is 0 Å². The maximum Gasteiger partial charge on any atom is 0.257 e. The van der Waals surface area contributed by atoms with Crippen LogP contribution in [0.5, 0.6) is 0 Å². The summed E-state index contributed by atoms with van der Waals surface area (Å²) in [5, 5.41) is 0. The van der Waals surface area contributed by atoms with E-state index in [0.717, 1.165) is 11.1 Å². The van der Waals surface area contributed by atoms with Gasteiger partial charge in [0.1, 0.15) is 5.82 Å². The predicted octanol–water partition coefficient (Wildman–Crippen LogP) is 3.94. The van der Waals surface area contributed by atoms with Crippen molar-refractivity contribution in [3.63, 3.8) is 0 Å². The van der Waals surface area contributed by atoms with Gasteiger partial charge in [-0.05, 0) is 25.0 Å². The second-order valence-electron chi connectivity index (χ2n) is 6.05. The molecule has 0 aliphatic carbocycles. The van der Waals surface area contributed by atoms with Crippen molar-refractivity contribution < 1.29 is 4.79 Å². The van der Waals surface area contributed by atoms with Gasteiger partial charge < -0.3 is 4.90 Å². The van der Waals surface area contributed by atoms with E-state index in [9.17, 15) is 4.79 Å². The molecule has 0 N–H and O–H groups in total. The lowest BCUT2D eigenvalue weighted by Gasteiger charge is -2.23. The number of carbonyl (C=O) groups excluding carboxylic acids is 1. The number of carbonyl (C=O) groups is 1. The summed E-state index contributed by atoms with van der Waals surface area (Å²) in [6.07, 6.45) is 1.63. The molecule has 0 spiro atoms. The van der Waals surface area contributed by atoms with Crippen molar-refractivity contribution in [2.45, 2.75) is 26.9 Å². The van der Waals surface area contributed by atoms with Crippen molar-refractivity contribution in [2.24, 2.45) is 0 Å². The standard InChI is InChI=1S/C21H21N3O/c1-16-20(13-22-17(2)23-16)21(25)24(14-18-9-5-3-6-10-18)15-19-11-7-4-8-12-19/h3-13H,14-15H2,1-2H3. The maximum absolute atomic E-state index is 13.1. The molecule has 126 valence electrons. The van der Waals surface area contributed by atoms with E-state index in [1.807, 2.05) is 79.4 Å². The number of hydrogen-bond donors (Lipinski definition) is 0. The second kappa shape index (κ2) is 7.71. The minimum Gasteiger partial charge on any atom is -0.330 e. The summed E-state index contributed by atoms with van der Waals surface area (Å²) in [5.74, 6) is 0.622. The van der Waals surface area contributed by atoms with Crippen molar-refractivity contribution in [1.82, 2.24) is 14.9 Å². The van der Waals surface area contributed by atoms with Crippen molar-refractivity contribution in [1.29, 1.82) is 0 Å². The third kappa shape index (κ3) is 4.29. The van der Waals surface area contributed by atoms with Crippen LogP contribution in [0.1, 0.15) is 33.0 Å². The van der Waals surface area contributed by atoms with Gasteiger partial charge in [-0.25, -0.2) is 9.97 Å². The van der Waals surface area contributed by atoms with Gasteiger partial charge in [0.15, 0.2) is 0 Å². The van der Waals surface area contributed by atoms with E-state index >= 15 is 0 Å². The molecule has 0 atom stereocenters. The van der Waals surface area contributed by atoms with Gasteiger partial charge in [-0.2, -0.15) is 0 Å². The summed E-state index contributed by atoms with van der Waals surface area (Å²) in [6, 6.07) is 20.0. The fourth-order valence-electron chi connectivity index (χ4n) is 2.77. The molecule has 0 radical (unpaired) electrons. The van der Waals surface area contributed by atoms with Crippen LogP contribution in [0.25, 0.3) is 0 Å². The van der Waals surface area contributed by atoms with Crippen molar-refractivity contribution in [3.05, 3.63) is 95.1 Å². The average molecular weight is 331 g/mol. The van der Waals surface area contributed by atoms with E-state index in [1.54, 1.807) is 6.20 Å². The zero-order valence-electron chi connectivity index (χ0n) is 14.5. The second-order valence-corrected chi connectivity index (χ2v) is 6.05. The van der Waals surface area contributed by atoms with Crippen molar-refractivity contribution in [2.75, 3.05) is 0 Å². The van der Waals surface area contributed by atoms with Gasteiger partial charge in [-0.1, -0.05) is 60.7 Å². The Balaban J connectivity index is 1.90. The molecule has 0 fully saturated rings. The van der Waals surface area contributed by atoms with Crippen LogP contribution in [-0.2, 0) is 13.1 Å². The predicted molar refractivity (Wildman–Crippen MR) is 98.0 cm³/mol. The van der Waals surface area contributed by atoms with Crippen LogP contribution in [0, 0.1) is 13.8 Å². The van der Waals surface area contributed by atoms with E-state index in [0.29, 0.717) is 30.2 Å². The molecule has 0 saturated carbocycles. The number of aromatic nitrogens is 2. The average Bonchev–Trinajstić information content (AvgIpc) is 2.62. The van der Waals surface area contributed by atoms with Crippen LogP contribution >= 0.6 is 0 Å². The Bertz CT molecular complexity index is 806. The third-order valence-corrected chi connectivity index (χ3v) is 4.05. The maximum atomic E-state index is 13.1. The largest absolute Gasteiger partial charge is 0.330 e. The van der Waals surface area contributed by atoms with Gasteiger partial charge in [0.05, 0.1) is 11.3 Å². The van der Waals surface area contributed by atoms with Gasteiger partial charge in [-0.15, -0.1) is 0 Å². The molecule has 3 aromatic rings. The number of benzene rings is 2. The molecular formula is C21H21N3O. The van der Waals surface area contributed by atoms with E-state index in [-0.39, 0.29) is 5.91 Å². The Labute approximate surface area is 148 Å². The first-order valence-electron chi connectivity index (χ1n) is 8.31. The minimum absolute atomic E-state index is 0.0507. The van der Waals surface area contributed by atoms with Crippen LogP contribution in [-0.4, -0.2) is 20.8 Å². The highest BCUT2D eigenvalue weighted by Crippen LogP contribution is 2.15. The Hall–Kier alpha value is -3.01. The number of nitrogens with zero attached hydrogens (tertiary/aromatic N) is 3. The topological polar surface area (TPSA) is 46.1 Å². The Morgan fingerprint density at radius 1 is 0.880 bits per heavy atom. The molecular weight excluding hydrogens is 310 g/mol. The smallest absolute Gasteiger partial charge is 0.257 e. The van der Waals surface area contributed by atoms with Crippen LogP contribution < -0.4 is 0 Å². The number of amides is 1. The Kier molecular flexibility index (Phi) is 5.19. The summed E-state index contributed by atoms with van der Waals surface area (Å²) in [4.78, 5) is 23.5. The number of aryl methyl sites for hydroxylation is 2. The highest BCUT2D eigenvalue weighted by molar-refractivity contribution is 5.94. The molecule has 1 heterocycles. The molecule has 1 aromatic heterocycles. The van der Waals surface area contributed by atoms with Gasteiger partial charge in [0.2, 0.25) is 0 Å². The van der Waals surface area contributed by atoms with E-state index < -0.39 is 0 Å². The molecule has 25 heavy (non-hydrogen) atoms. The van der Waals surface area contributed by atoms with E-state index in [4.69, 9.17) is 0 Å². The lowest BCUT2D eigenvalue weighted by molar-refractivity contribution is 0.0728. The molecule has 4 heteroatoms. The normalized spacial score (nSPS) is 10.5. The summed E-state index contributed by atoms with van der Waals surface area (Å²) < 4.78 is 0. The lowest BCUT2D eigenvalue weighted by atomic mass is 10.1. The van der Waals surface area contributed by atoms with Gasteiger partial charge in [0, 0.05) is 19.3 Å². The van der Waals surface area contributed by atoms with Crippen LogP contribution in [0.15, 0.2) is 66.9 Å². The Morgan fingerprint density at radius 3 is 1.88 bits per heavy atom. The molecule has 2 aromatic carbocycles. The quantitative estimate of drug-likeness (QED) is 0.711. The molecule has 0 unspecified atom stereocenters. The van der Waals surface area contributed by atoms with Gasteiger partial charge in [-0.3, -0.25) is 4.79 Å². The summed E-state index contributed by atoms with van der Waals surface area (Å²) in [6.45, 7) is 4.77. The van der Waals surface area contributed by atoms with Crippen molar-refractivity contribution >= 4 is 5.91 Å². The first-order chi connectivity index (χ1) is 12.1. The van der Waals surface area contributed by atoms with E-state index in [1.165, 1.54) is 0 Å². The monoisotopic (exact) mass is 331 g/mol. The first kappa shape index (κ1) is 16.8. The fraction of sp³-hybridized carbons (Fsp3) is 0.190. The molecule has 0 saturated heterocycles. The molecule has 0 bridgehead atoms. The first-order valence-corrected chi connectivity index (χ1v) is 8.31. The summed E-state index contributed by atoms with van der Waals surface area (Å²) >= 11 is 0. The molecule has 3 rings (SSSR count).